The molecule has 0 saturated heterocycles. The topological polar surface area (TPSA) is 59.0 Å². The molecule has 1 heterocycles. The number of aromatic nitrogens is 2. The van der Waals surface area contributed by atoms with Crippen molar-refractivity contribution in [2.45, 2.75) is 33.4 Å². The van der Waals surface area contributed by atoms with Gasteiger partial charge in [0.05, 0.1) is 6.20 Å². The second-order valence-electron chi connectivity index (χ2n) is 5.76. The van der Waals surface area contributed by atoms with E-state index in [-0.39, 0.29) is 24.4 Å². The van der Waals surface area contributed by atoms with Gasteiger partial charge in [0, 0.05) is 25.4 Å². The van der Waals surface area contributed by atoms with Gasteiger partial charge in [-0.2, -0.15) is 5.10 Å². The van der Waals surface area contributed by atoms with E-state index < -0.39 is 0 Å². The molecule has 1 unspecified atom stereocenters. The quantitative estimate of drug-likeness (QED) is 0.881. The fourth-order valence-corrected chi connectivity index (χ4v) is 2.80. The SMILES string of the molecule is CNC(C(=O)NCc1c(C)cc(C)cc1C)c1cnn(C)c1.Cl. The van der Waals surface area contributed by atoms with E-state index >= 15 is 0 Å². The Morgan fingerprint density at radius 2 is 1.87 bits per heavy atom. The number of benzene rings is 1. The molecule has 0 spiro atoms. The van der Waals surface area contributed by atoms with Crippen LogP contribution in [0.2, 0.25) is 0 Å². The maximum atomic E-state index is 12.4. The van der Waals surface area contributed by atoms with Crippen molar-refractivity contribution in [1.82, 2.24) is 20.4 Å². The number of aryl methyl sites for hydroxylation is 4. The number of hydrogen-bond donors (Lipinski definition) is 2. The van der Waals surface area contributed by atoms with Crippen LogP contribution >= 0.6 is 12.4 Å². The van der Waals surface area contributed by atoms with Gasteiger partial charge in [0.15, 0.2) is 0 Å². The minimum Gasteiger partial charge on any atom is -0.350 e. The first-order valence-corrected chi connectivity index (χ1v) is 7.42. The molecular weight excluding hydrogens is 312 g/mol. The van der Waals surface area contributed by atoms with Crippen molar-refractivity contribution in [3.8, 4) is 0 Å². The molecule has 0 radical (unpaired) electrons. The Morgan fingerprint density at radius 1 is 1.26 bits per heavy atom. The van der Waals surface area contributed by atoms with Crippen LogP contribution in [0, 0.1) is 20.8 Å². The number of halogens is 1. The van der Waals surface area contributed by atoms with Crippen molar-refractivity contribution in [2.24, 2.45) is 7.05 Å². The Bertz CT molecular complexity index is 658. The van der Waals surface area contributed by atoms with Crippen LogP contribution in [0.15, 0.2) is 24.5 Å². The van der Waals surface area contributed by atoms with Gasteiger partial charge in [-0.3, -0.25) is 9.48 Å². The van der Waals surface area contributed by atoms with Gasteiger partial charge in [-0.1, -0.05) is 17.7 Å². The zero-order valence-corrected chi connectivity index (χ0v) is 15.1. The monoisotopic (exact) mass is 336 g/mol. The summed E-state index contributed by atoms with van der Waals surface area (Å²) in [7, 11) is 3.62. The third-order valence-electron chi connectivity index (χ3n) is 3.89. The fourth-order valence-electron chi connectivity index (χ4n) is 2.80. The summed E-state index contributed by atoms with van der Waals surface area (Å²) in [4.78, 5) is 12.4. The third kappa shape index (κ3) is 4.56. The first-order chi connectivity index (χ1) is 10.4. The van der Waals surface area contributed by atoms with Crippen LogP contribution in [0.4, 0.5) is 0 Å². The number of nitrogens with zero attached hydrogens (tertiary/aromatic N) is 2. The van der Waals surface area contributed by atoms with Crippen molar-refractivity contribution in [3.63, 3.8) is 0 Å². The van der Waals surface area contributed by atoms with Crippen molar-refractivity contribution < 1.29 is 4.79 Å². The summed E-state index contributed by atoms with van der Waals surface area (Å²) in [5, 5.41) is 10.2. The largest absolute Gasteiger partial charge is 0.350 e. The Morgan fingerprint density at radius 3 is 2.35 bits per heavy atom. The molecule has 1 aromatic carbocycles. The summed E-state index contributed by atoms with van der Waals surface area (Å²) in [5.74, 6) is -0.0464. The second-order valence-corrected chi connectivity index (χ2v) is 5.76. The summed E-state index contributed by atoms with van der Waals surface area (Å²) in [6, 6.07) is 3.90. The second kappa shape index (κ2) is 8.13. The van der Waals surface area contributed by atoms with E-state index in [1.54, 1.807) is 17.9 Å². The molecule has 126 valence electrons. The van der Waals surface area contributed by atoms with Gasteiger partial charge in [-0.05, 0) is 44.5 Å². The molecule has 1 amide bonds. The molecule has 0 bridgehead atoms. The molecule has 23 heavy (non-hydrogen) atoms. The molecule has 0 aliphatic carbocycles. The molecule has 0 aliphatic heterocycles. The lowest BCUT2D eigenvalue weighted by molar-refractivity contribution is -0.123. The van der Waals surface area contributed by atoms with E-state index in [1.807, 2.05) is 13.2 Å². The summed E-state index contributed by atoms with van der Waals surface area (Å²) < 4.78 is 1.70. The zero-order valence-electron chi connectivity index (χ0n) is 14.3. The average molecular weight is 337 g/mol. The molecular formula is C17H25ClN4O. The molecule has 0 aliphatic rings. The molecule has 1 atom stereocenters. The van der Waals surface area contributed by atoms with Gasteiger partial charge in [0.25, 0.3) is 0 Å². The molecule has 0 saturated carbocycles. The standard InChI is InChI=1S/C17H24N4O.ClH/c1-11-6-12(2)15(13(3)7-11)9-19-17(22)16(18-4)14-8-20-21(5)10-14;/h6-8,10,16,18H,9H2,1-5H3,(H,19,22);1H. The predicted octanol–water partition coefficient (Wildman–Crippen LogP) is 2.34. The lowest BCUT2D eigenvalue weighted by Crippen LogP contribution is -2.35. The summed E-state index contributed by atoms with van der Waals surface area (Å²) in [6.07, 6.45) is 3.56. The first-order valence-electron chi connectivity index (χ1n) is 7.42. The number of hydrogen-bond acceptors (Lipinski definition) is 3. The lowest BCUT2D eigenvalue weighted by atomic mass is 9.99. The van der Waals surface area contributed by atoms with Crippen LogP contribution in [-0.4, -0.2) is 22.7 Å². The Balaban J connectivity index is 0.00000264. The number of carbonyl (C=O) groups excluding carboxylic acids is 1. The summed E-state index contributed by atoms with van der Waals surface area (Å²) in [5.41, 5.74) is 5.70. The number of carbonyl (C=O) groups is 1. The number of nitrogens with one attached hydrogen (secondary N) is 2. The molecule has 5 nitrogen and oxygen atoms in total. The van der Waals surface area contributed by atoms with E-state index in [0.717, 1.165) is 5.56 Å². The van der Waals surface area contributed by atoms with Crippen molar-refractivity contribution in [1.29, 1.82) is 0 Å². The van der Waals surface area contributed by atoms with Crippen molar-refractivity contribution in [3.05, 3.63) is 52.3 Å². The molecule has 1 aromatic heterocycles. The van der Waals surface area contributed by atoms with Gasteiger partial charge in [-0.25, -0.2) is 0 Å². The van der Waals surface area contributed by atoms with Crippen LogP contribution < -0.4 is 10.6 Å². The maximum absolute atomic E-state index is 12.4. The normalized spacial score (nSPS) is 11.7. The van der Waals surface area contributed by atoms with Crippen LogP contribution in [0.5, 0.6) is 0 Å². The van der Waals surface area contributed by atoms with Gasteiger partial charge in [-0.15, -0.1) is 12.4 Å². The van der Waals surface area contributed by atoms with Gasteiger partial charge < -0.3 is 10.6 Å². The number of rotatable bonds is 5. The van der Waals surface area contributed by atoms with E-state index in [1.165, 1.54) is 22.3 Å². The zero-order chi connectivity index (χ0) is 16.3. The van der Waals surface area contributed by atoms with Crippen molar-refractivity contribution >= 4 is 18.3 Å². The highest BCUT2D eigenvalue weighted by Gasteiger charge is 2.20. The van der Waals surface area contributed by atoms with Gasteiger partial charge >= 0.3 is 0 Å². The van der Waals surface area contributed by atoms with E-state index in [4.69, 9.17) is 0 Å². The van der Waals surface area contributed by atoms with Crippen LogP contribution in [0.3, 0.4) is 0 Å². The van der Waals surface area contributed by atoms with E-state index in [9.17, 15) is 4.79 Å². The molecule has 0 fully saturated rings. The lowest BCUT2D eigenvalue weighted by Gasteiger charge is -2.17. The highest BCUT2D eigenvalue weighted by molar-refractivity contribution is 5.85. The Labute approximate surface area is 143 Å². The summed E-state index contributed by atoms with van der Waals surface area (Å²) in [6.45, 7) is 6.79. The van der Waals surface area contributed by atoms with E-state index in [2.05, 4.69) is 48.6 Å². The maximum Gasteiger partial charge on any atom is 0.242 e. The number of likely N-dealkylation sites (N-methyl/N-ethyl adjacent to an activating group) is 1. The Kier molecular flexibility index (Phi) is 6.79. The smallest absolute Gasteiger partial charge is 0.242 e. The molecule has 6 heteroatoms. The minimum atomic E-state index is -0.389. The molecule has 2 N–H and O–H groups in total. The summed E-state index contributed by atoms with van der Waals surface area (Å²) >= 11 is 0. The first kappa shape index (κ1) is 19.2. The molecule has 2 rings (SSSR count). The van der Waals surface area contributed by atoms with Gasteiger partial charge in [0.2, 0.25) is 5.91 Å². The number of amides is 1. The van der Waals surface area contributed by atoms with Crippen LogP contribution in [0.1, 0.15) is 33.9 Å². The van der Waals surface area contributed by atoms with Gasteiger partial charge in [0.1, 0.15) is 6.04 Å². The predicted molar refractivity (Wildman–Crippen MR) is 94.8 cm³/mol. The van der Waals surface area contributed by atoms with E-state index in [0.29, 0.717) is 6.54 Å². The van der Waals surface area contributed by atoms with Crippen LogP contribution in [-0.2, 0) is 18.4 Å². The average Bonchev–Trinajstić information content (AvgIpc) is 2.84. The Hall–Kier alpha value is -1.85. The highest BCUT2D eigenvalue weighted by atomic mass is 35.5. The highest BCUT2D eigenvalue weighted by Crippen LogP contribution is 2.17. The fraction of sp³-hybridized carbons (Fsp3) is 0.412. The van der Waals surface area contributed by atoms with Crippen molar-refractivity contribution in [2.75, 3.05) is 7.05 Å². The van der Waals surface area contributed by atoms with Crippen LogP contribution in [0.25, 0.3) is 0 Å². The molecule has 2 aromatic rings. The third-order valence-corrected chi connectivity index (χ3v) is 3.89. The minimum absolute atomic E-state index is 0.